The Kier molecular flexibility index (Phi) is 2.50. The molecule has 0 spiro atoms. The van der Waals surface area contributed by atoms with Crippen molar-refractivity contribution < 1.29 is 9.47 Å². The second-order valence-electron chi connectivity index (χ2n) is 2.69. The van der Waals surface area contributed by atoms with Crippen molar-refractivity contribution >= 4 is 5.95 Å². The highest BCUT2D eigenvalue weighted by Crippen LogP contribution is 2.20. The molecular formula is C7H9N7O2. The average molecular weight is 223 g/mol. The van der Waals surface area contributed by atoms with Crippen LogP contribution in [0, 0.1) is 0 Å². The Morgan fingerprint density at radius 3 is 2.69 bits per heavy atom. The summed E-state index contributed by atoms with van der Waals surface area (Å²) in [5.74, 6) is 0.939. The number of hydrogen-bond donors (Lipinski definition) is 1. The zero-order valence-electron chi connectivity index (χ0n) is 8.65. The van der Waals surface area contributed by atoms with E-state index in [0.717, 1.165) is 0 Å². The minimum atomic E-state index is 0.0952. The summed E-state index contributed by atoms with van der Waals surface area (Å²) in [7, 11) is 2.93. The zero-order valence-corrected chi connectivity index (χ0v) is 8.65. The van der Waals surface area contributed by atoms with Gasteiger partial charge < -0.3 is 15.2 Å². The normalized spacial score (nSPS) is 10.1. The second kappa shape index (κ2) is 3.96. The molecular weight excluding hydrogens is 214 g/mol. The van der Waals surface area contributed by atoms with Gasteiger partial charge in [-0.1, -0.05) is 5.10 Å². The van der Waals surface area contributed by atoms with Crippen LogP contribution in [0.15, 0.2) is 6.20 Å². The van der Waals surface area contributed by atoms with Gasteiger partial charge in [-0.3, -0.25) is 0 Å². The van der Waals surface area contributed by atoms with Crippen LogP contribution >= 0.6 is 0 Å². The van der Waals surface area contributed by atoms with E-state index in [1.54, 1.807) is 0 Å². The van der Waals surface area contributed by atoms with E-state index in [1.807, 2.05) is 0 Å². The molecule has 0 aliphatic heterocycles. The van der Waals surface area contributed by atoms with E-state index < -0.39 is 0 Å². The van der Waals surface area contributed by atoms with Gasteiger partial charge in [0, 0.05) is 0 Å². The molecule has 2 heterocycles. The summed E-state index contributed by atoms with van der Waals surface area (Å²) in [6, 6.07) is 0. The van der Waals surface area contributed by atoms with Crippen LogP contribution in [0.25, 0.3) is 5.82 Å². The lowest BCUT2D eigenvalue weighted by Gasteiger charge is -2.07. The Bertz CT molecular complexity index is 497. The number of aromatic nitrogens is 6. The summed E-state index contributed by atoms with van der Waals surface area (Å²) in [5, 5.41) is 10.6. The third-order valence-corrected chi connectivity index (χ3v) is 1.80. The van der Waals surface area contributed by atoms with Gasteiger partial charge >= 0.3 is 0 Å². The fraction of sp³-hybridized carbons (Fsp3) is 0.286. The van der Waals surface area contributed by atoms with E-state index >= 15 is 0 Å². The first-order valence-electron chi connectivity index (χ1n) is 4.25. The molecule has 2 N–H and O–H groups in total. The predicted molar refractivity (Wildman–Crippen MR) is 52.3 cm³/mol. The Labute approximate surface area is 90.2 Å². The molecule has 0 fully saturated rings. The number of hydrogen-bond acceptors (Lipinski definition) is 8. The van der Waals surface area contributed by atoms with E-state index in [1.165, 1.54) is 25.1 Å². The number of nitrogens with two attached hydrogens (primary N) is 1. The van der Waals surface area contributed by atoms with Gasteiger partial charge in [0.05, 0.1) is 20.4 Å². The van der Waals surface area contributed by atoms with E-state index in [9.17, 15) is 0 Å². The van der Waals surface area contributed by atoms with Crippen LogP contribution in [0.1, 0.15) is 0 Å². The van der Waals surface area contributed by atoms with Crippen molar-refractivity contribution in [2.75, 3.05) is 20.0 Å². The van der Waals surface area contributed by atoms with E-state index in [0.29, 0.717) is 11.7 Å². The molecule has 2 aromatic rings. The third-order valence-electron chi connectivity index (χ3n) is 1.80. The van der Waals surface area contributed by atoms with Crippen LogP contribution in [-0.2, 0) is 0 Å². The standard InChI is InChI=1S/C7H9N7O2/c1-15-4-3-9-5(6(10-4)16-2)14-7(8)11-12-13-14/h3H,1-2H3,(H2,8,11,13). The van der Waals surface area contributed by atoms with E-state index in [-0.39, 0.29) is 11.8 Å². The molecule has 0 saturated heterocycles. The second-order valence-corrected chi connectivity index (χ2v) is 2.69. The van der Waals surface area contributed by atoms with E-state index in [2.05, 4.69) is 25.5 Å². The summed E-state index contributed by atoms with van der Waals surface area (Å²) < 4.78 is 11.2. The summed E-state index contributed by atoms with van der Waals surface area (Å²) in [4.78, 5) is 8.08. The zero-order chi connectivity index (χ0) is 11.5. The summed E-state index contributed by atoms with van der Waals surface area (Å²) in [6.07, 6.45) is 1.42. The highest BCUT2D eigenvalue weighted by atomic mass is 16.5. The molecule has 2 aromatic heterocycles. The highest BCUT2D eigenvalue weighted by molar-refractivity contribution is 5.39. The summed E-state index contributed by atoms with van der Waals surface area (Å²) in [5.41, 5.74) is 5.54. The minimum Gasteiger partial charge on any atom is -0.480 e. The largest absolute Gasteiger partial charge is 0.480 e. The summed E-state index contributed by atoms with van der Waals surface area (Å²) in [6.45, 7) is 0. The lowest BCUT2D eigenvalue weighted by Crippen LogP contribution is -2.08. The van der Waals surface area contributed by atoms with Gasteiger partial charge in [-0.2, -0.15) is 9.67 Å². The maximum absolute atomic E-state index is 5.54. The Morgan fingerprint density at radius 1 is 1.31 bits per heavy atom. The molecule has 0 aliphatic rings. The summed E-state index contributed by atoms with van der Waals surface area (Å²) >= 11 is 0. The predicted octanol–water partition coefficient (Wildman–Crippen LogP) is -0.948. The van der Waals surface area contributed by atoms with Gasteiger partial charge in [0.15, 0.2) is 0 Å². The van der Waals surface area contributed by atoms with Crippen LogP contribution in [0.2, 0.25) is 0 Å². The van der Waals surface area contributed by atoms with Crippen molar-refractivity contribution in [3.8, 4) is 17.6 Å². The minimum absolute atomic E-state index is 0.0952. The number of nitrogen functional groups attached to an aromatic ring is 1. The molecule has 0 bridgehead atoms. The number of methoxy groups -OCH3 is 2. The van der Waals surface area contributed by atoms with Crippen LogP contribution in [0.4, 0.5) is 5.95 Å². The van der Waals surface area contributed by atoms with Crippen LogP contribution in [-0.4, -0.2) is 44.4 Å². The van der Waals surface area contributed by atoms with Gasteiger partial charge in [-0.05, 0) is 10.4 Å². The first-order chi connectivity index (χ1) is 7.76. The molecule has 0 atom stereocenters. The number of tetrazole rings is 1. The average Bonchev–Trinajstić information content (AvgIpc) is 2.74. The van der Waals surface area contributed by atoms with Gasteiger partial charge in [0.1, 0.15) is 0 Å². The number of rotatable bonds is 3. The monoisotopic (exact) mass is 223 g/mol. The van der Waals surface area contributed by atoms with Crippen molar-refractivity contribution in [3.63, 3.8) is 0 Å². The van der Waals surface area contributed by atoms with Crippen LogP contribution < -0.4 is 15.2 Å². The molecule has 84 valence electrons. The van der Waals surface area contributed by atoms with Crippen LogP contribution in [0.3, 0.4) is 0 Å². The maximum Gasteiger partial charge on any atom is 0.263 e. The number of nitrogens with zero attached hydrogens (tertiary/aromatic N) is 6. The third kappa shape index (κ3) is 1.58. The molecule has 0 aromatic carbocycles. The van der Waals surface area contributed by atoms with Gasteiger partial charge in [-0.15, -0.1) is 0 Å². The first kappa shape index (κ1) is 10.1. The number of ether oxygens (including phenoxy) is 2. The topological polar surface area (TPSA) is 114 Å². The Balaban J connectivity index is 2.53. The lowest BCUT2D eigenvalue weighted by atomic mass is 10.6. The first-order valence-corrected chi connectivity index (χ1v) is 4.25. The maximum atomic E-state index is 5.54. The molecule has 0 aliphatic carbocycles. The van der Waals surface area contributed by atoms with Crippen molar-refractivity contribution in [2.24, 2.45) is 0 Å². The van der Waals surface area contributed by atoms with Crippen molar-refractivity contribution in [3.05, 3.63) is 6.20 Å². The molecule has 9 heteroatoms. The smallest absolute Gasteiger partial charge is 0.263 e. The fourth-order valence-electron chi connectivity index (χ4n) is 1.08. The highest BCUT2D eigenvalue weighted by Gasteiger charge is 2.14. The van der Waals surface area contributed by atoms with Crippen molar-refractivity contribution in [2.45, 2.75) is 0 Å². The molecule has 2 rings (SSSR count). The van der Waals surface area contributed by atoms with Gasteiger partial charge in [0.2, 0.25) is 17.6 Å². The quantitative estimate of drug-likeness (QED) is 0.708. The lowest BCUT2D eigenvalue weighted by molar-refractivity contribution is 0.358. The molecule has 9 nitrogen and oxygen atoms in total. The molecule has 16 heavy (non-hydrogen) atoms. The van der Waals surface area contributed by atoms with Crippen molar-refractivity contribution in [1.29, 1.82) is 0 Å². The van der Waals surface area contributed by atoms with Gasteiger partial charge in [-0.25, -0.2) is 4.98 Å². The Morgan fingerprint density at radius 2 is 2.12 bits per heavy atom. The number of anilines is 1. The van der Waals surface area contributed by atoms with Crippen molar-refractivity contribution in [1.82, 2.24) is 30.2 Å². The van der Waals surface area contributed by atoms with Crippen LogP contribution in [0.5, 0.6) is 11.8 Å². The molecule has 0 saturated carbocycles. The van der Waals surface area contributed by atoms with Gasteiger partial charge in [0.25, 0.3) is 5.88 Å². The van der Waals surface area contributed by atoms with E-state index in [4.69, 9.17) is 15.2 Å². The molecule has 0 radical (unpaired) electrons. The fourth-order valence-corrected chi connectivity index (χ4v) is 1.08. The SMILES string of the molecule is COc1cnc(-n2nnnc2N)c(OC)n1. The Hall–Kier alpha value is -2.45. The molecule has 0 amide bonds. The molecule has 0 unspecified atom stereocenters.